The third-order valence-electron chi connectivity index (χ3n) is 3.13. The molecule has 1 unspecified atom stereocenters. The number of pyridine rings is 1. The summed E-state index contributed by atoms with van der Waals surface area (Å²) in [7, 11) is 1.66. The summed E-state index contributed by atoms with van der Waals surface area (Å²) in [4.78, 5) is 18.7. The van der Waals surface area contributed by atoms with Crippen molar-refractivity contribution >= 4 is 33.6 Å². The number of carbonyl (C=O) groups excluding carboxylic acids is 1. The summed E-state index contributed by atoms with van der Waals surface area (Å²) in [6.07, 6.45) is 2.73. The summed E-state index contributed by atoms with van der Waals surface area (Å²) in [6, 6.07) is 3.90. The number of carbonyl (C=O) groups is 1. The normalized spacial score (nSPS) is 18.5. The van der Waals surface area contributed by atoms with E-state index in [0.717, 1.165) is 17.9 Å². The van der Waals surface area contributed by atoms with Crippen LogP contribution < -0.4 is 0 Å². The number of aromatic nitrogens is 1. The molecule has 2 heterocycles. The summed E-state index contributed by atoms with van der Waals surface area (Å²) >= 11 is 5.25. The zero-order valence-corrected chi connectivity index (χ0v) is 13.2. The van der Waals surface area contributed by atoms with Gasteiger partial charge in [0.1, 0.15) is 4.60 Å². The molecule has 0 aliphatic carbocycles. The number of hydrogen-bond donors (Lipinski definition) is 0. The average Bonchev–Trinajstić information content (AvgIpc) is 2.93. The van der Waals surface area contributed by atoms with E-state index in [-0.39, 0.29) is 5.91 Å². The van der Waals surface area contributed by atoms with Crippen molar-refractivity contribution in [2.24, 2.45) is 0 Å². The Balaban J connectivity index is 2.17. The highest BCUT2D eigenvalue weighted by atomic mass is 79.9. The molecule has 4 nitrogen and oxygen atoms in total. The molecule has 1 amide bonds. The van der Waals surface area contributed by atoms with E-state index < -0.39 is 0 Å². The van der Waals surface area contributed by atoms with Crippen LogP contribution in [0.2, 0.25) is 0 Å². The maximum absolute atomic E-state index is 12.6. The van der Waals surface area contributed by atoms with Gasteiger partial charge in [-0.1, -0.05) is 0 Å². The Bertz CT molecular complexity index is 438. The number of amides is 1. The zero-order chi connectivity index (χ0) is 13.7. The molecule has 104 valence electrons. The second kappa shape index (κ2) is 7.26. The van der Waals surface area contributed by atoms with Gasteiger partial charge in [0.15, 0.2) is 0 Å². The van der Waals surface area contributed by atoms with Gasteiger partial charge in [-0.25, -0.2) is 4.98 Å². The molecule has 0 aromatic carbocycles. The Morgan fingerprint density at radius 3 is 3.16 bits per heavy atom. The first kappa shape index (κ1) is 14.8. The molecule has 1 aromatic rings. The lowest BCUT2D eigenvalue weighted by atomic mass is 10.1. The van der Waals surface area contributed by atoms with Crippen LogP contribution in [0.4, 0.5) is 0 Å². The number of methoxy groups -OCH3 is 1. The van der Waals surface area contributed by atoms with Gasteiger partial charge in [-0.15, -0.1) is 0 Å². The Labute approximate surface area is 126 Å². The van der Waals surface area contributed by atoms with Crippen molar-refractivity contribution in [3.63, 3.8) is 0 Å². The van der Waals surface area contributed by atoms with Crippen LogP contribution in [0.1, 0.15) is 16.8 Å². The predicted molar refractivity (Wildman–Crippen MR) is 80.6 cm³/mol. The molecular weight excluding hydrogens is 328 g/mol. The number of halogens is 1. The lowest BCUT2D eigenvalue weighted by molar-refractivity contribution is 0.0623. The highest BCUT2D eigenvalue weighted by Gasteiger charge is 2.28. The highest BCUT2D eigenvalue weighted by molar-refractivity contribution is 9.10. The number of rotatable bonds is 5. The molecule has 6 heteroatoms. The quantitative estimate of drug-likeness (QED) is 0.769. The fourth-order valence-corrected chi connectivity index (χ4v) is 3.75. The molecule has 1 atom stereocenters. The van der Waals surface area contributed by atoms with Gasteiger partial charge in [0.25, 0.3) is 5.91 Å². The van der Waals surface area contributed by atoms with Crippen molar-refractivity contribution in [3.8, 4) is 0 Å². The van der Waals surface area contributed by atoms with Crippen molar-refractivity contribution in [1.82, 2.24) is 9.88 Å². The smallest absolute Gasteiger partial charge is 0.256 e. The molecule has 2 rings (SSSR count). The molecule has 1 fully saturated rings. The Hall–Kier alpha value is -0.590. The van der Waals surface area contributed by atoms with Crippen molar-refractivity contribution in [2.45, 2.75) is 12.5 Å². The lowest BCUT2D eigenvalue weighted by Crippen LogP contribution is -2.42. The standard InChI is InChI=1S/C13H17BrN2O2S/c1-18-7-6-16(10-4-8-19-9-10)13(17)11-3-2-5-15-12(11)14/h2-3,5,10H,4,6-9H2,1H3. The third kappa shape index (κ3) is 3.70. The largest absolute Gasteiger partial charge is 0.383 e. The van der Waals surface area contributed by atoms with Crippen LogP contribution in [-0.4, -0.2) is 53.6 Å². The van der Waals surface area contributed by atoms with Crippen LogP contribution >= 0.6 is 27.7 Å². The third-order valence-corrected chi connectivity index (χ3v) is 4.91. The number of ether oxygens (including phenoxy) is 1. The highest BCUT2D eigenvalue weighted by Crippen LogP contribution is 2.25. The van der Waals surface area contributed by atoms with Gasteiger partial charge >= 0.3 is 0 Å². The summed E-state index contributed by atoms with van der Waals surface area (Å²) in [5, 5.41) is 0. The van der Waals surface area contributed by atoms with Crippen molar-refractivity contribution in [1.29, 1.82) is 0 Å². The summed E-state index contributed by atoms with van der Waals surface area (Å²) in [5.74, 6) is 2.16. The molecule has 19 heavy (non-hydrogen) atoms. The van der Waals surface area contributed by atoms with Crippen LogP contribution in [0.3, 0.4) is 0 Å². The Kier molecular flexibility index (Phi) is 5.66. The number of hydrogen-bond acceptors (Lipinski definition) is 4. The molecule has 1 aromatic heterocycles. The van der Waals surface area contributed by atoms with Crippen LogP contribution in [0.5, 0.6) is 0 Å². The molecule has 0 saturated carbocycles. The second-order valence-corrected chi connectivity index (χ2v) is 6.25. The fraction of sp³-hybridized carbons (Fsp3) is 0.538. The van der Waals surface area contributed by atoms with E-state index in [4.69, 9.17) is 4.74 Å². The summed E-state index contributed by atoms with van der Waals surface area (Å²) in [5.41, 5.74) is 0.621. The first-order valence-corrected chi connectivity index (χ1v) is 8.17. The van der Waals surface area contributed by atoms with Crippen LogP contribution in [0.25, 0.3) is 0 Å². The molecule has 1 aliphatic rings. The molecule has 0 radical (unpaired) electrons. The first-order chi connectivity index (χ1) is 9.24. The van der Waals surface area contributed by atoms with Gasteiger partial charge in [0.2, 0.25) is 0 Å². The van der Waals surface area contributed by atoms with Crippen LogP contribution in [-0.2, 0) is 4.74 Å². The molecular formula is C13H17BrN2O2S. The summed E-state index contributed by atoms with van der Waals surface area (Å²) < 4.78 is 5.72. The van der Waals surface area contributed by atoms with Gasteiger partial charge in [0.05, 0.1) is 12.2 Å². The van der Waals surface area contributed by atoms with Crippen molar-refractivity contribution in [3.05, 3.63) is 28.5 Å². The molecule has 1 aliphatic heterocycles. The summed E-state index contributed by atoms with van der Waals surface area (Å²) in [6.45, 7) is 1.19. The molecule has 1 saturated heterocycles. The monoisotopic (exact) mass is 344 g/mol. The van der Waals surface area contributed by atoms with E-state index in [1.54, 1.807) is 25.4 Å². The topological polar surface area (TPSA) is 42.4 Å². The van der Waals surface area contributed by atoms with Gasteiger partial charge in [0, 0.05) is 31.6 Å². The Morgan fingerprint density at radius 2 is 2.53 bits per heavy atom. The van der Waals surface area contributed by atoms with E-state index in [2.05, 4.69) is 20.9 Å². The van der Waals surface area contributed by atoms with E-state index in [1.165, 1.54) is 0 Å². The number of nitrogens with zero attached hydrogens (tertiary/aromatic N) is 2. The predicted octanol–water partition coefficient (Wildman–Crippen LogP) is 2.44. The minimum absolute atomic E-state index is 0.0320. The van der Waals surface area contributed by atoms with Gasteiger partial charge < -0.3 is 9.64 Å². The fourth-order valence-electron chi connectivity index (χ4n) is 2.11. The molecule has 0 N–H and O–H groups in total. The minimum atomic E-state index is 0.0320. The average molecular weight is 345 g/mol. The van der Waals surface area contributed by atoms with Crippen molar-refractivity contribution < 1.29 is 9.53 Å². The van der Waals surface area contributed by atoms with Crippen LogP contribution in [0, 0.1) is 0 Å². The Morgan fingerprint density at radius 1 is 1.68 bits per heavy atom. The lowest BCUT2D eigenvalue weighted by Gasteiger charge is -2.28. The maximum Gasteiger partial charge on any atom is 0.256 e. The van der Waals surface area contributed by atoms with Crippen LogP contribution in [0.15, 0.2) is 22.9 Å². The molecule has 0 spiro atoms. The maximum atomic E-state index is 12.6. The van der Waals surface area contributed by atoms with E-state index in [9.17, 15) is 4.79 Å². The first-order valence-electron chi connectivity index (χ1n) is 6.22. The minimum Gasteiger partial charge on any atom is -0.383 e. The number of thioether (sulfide) groups is 1. The van der Waals surface area contributed by atoms with E-state index in [0.29, 0.717) is 29.4 Å². The molecule has 0 bridgehead atoms. The van der Waals surface area contributed by atoms with E-state index >= 15 is 0 Å². The SMILES string of the molecule is COCCN(C(=O)c1cccnc1Br)C1CCSC1. The van der Waals surface area contributed by atoms with Gasteiger partial charge in [-0.2, -0.15) is 11.8 Å². The van der Waals surface area contributed by atoms with Gasteiger partial charge in [-0.3, -0.25) is 4.79 Å². The van der Waals surface area contributed by atoms with Crippen molar-refractivity contribution in [2.75, 3.05) is 31.8 Å². The second-order valence-electron chi connectivity index (χ2n) is 4.35. The van der Waals surface area contributed by atoms with Gasteiger partial charge in [-0.05, 0) is 40.2 Å². The van der Waals surface area contributed by atoms with E-state index in [1.807, 2.05) is 16.7 Å². The zero-order valence-electron chi connectivity index (χ0n) is 10.8.